The molecule has 0 saturated carbocycles. The van der Waals surface area contributed by atoms with E-state index >= 15 is 0 Å². The van der Waals surface area contributed by atoms with E-state index in [0.717, 1.165) is 16.6 Å². The molecule has 0 aliphatic rings. The second kappa shape index (κ2) is 7.49. The summed E-state index contributed by atoms with van der Waals surface area (Å²) in [6.07, 6.45) is 1.39. The van der Waals surface area contributed by atoms with Crippen LogP contribution in [0.2, 0.25) is 0 Å². The number of ether oxygens (including phenoxy) is 2. The fourth-order valence-corrected chi connectivity index (χ4v) is 1.39. The standard InChI is InChI=1S/C12H15IO3/c1-2-12(14)16-11-6-3-5-10(9-11)15-8-4-7-13/h3,5-6,9H,2,4,7-8H2,1H3. The summed E-state index contributed by atoms with van der Waals surface area (Å²) < 4.78 is 11.7. The van der Waals surface area contributed by atoms with Crippen molar-refractivity contribution < 1.29 is 14.3 Å². The number of halogens is 1. The Bertz CT molecular complexity index is 339. The van der Waals surface area contributed by atoms with Gasteiger partial charge >= 0.3 is 5.97 Å². The van der Waals surface area contributed by atoms with Crippen molar-refractivity contribution in [3.63, 3.8) is 0 Å². The third kappa shape index (κ3) is 4.83. The number of hydrogen-bond acceptors (Lipinski definition) is 3. The number of esters is 1. The number of alkyl halides is 1. The van der Waals surface area contributed by atoms with Gasteiger partial charge in [-0.05, 0) is 18.6 Å². The largest absolute Gasteiger partial charge is 0.493 e. The molecule has 16 heavy (non-hydrogen) atoms. The molecule has 0 aliphatic heterocycles. The van der Waals surface area contributed by atoms with Crippen molar-refractivity contribution in [3.8, 4) is 11.5 Å². The molecule has 1 aromatic carbocycles. The number of benzene rings is 1. The normalized spacial score (nSPS) is 9.88. The van der Waals surface area contributed by atoms with E-state index in [9.17, 15) is 4.79 Å². The lowest BCUT2D eigenvalue weighted by Gasteiger charge is -2.07. The third-order valence-corrected chi connectivity index (χ3v) is 2.64. The molecule has 0 heterocycles. The highest BCUT2D eigenvalue weighted by Crippen LogP contribution is 2.19. The van der Waals surface area contributed by atoms with Gasteiger partial charge in [-0.15, -0.1) is 0 Å². The van der Waals surface area contributed by atoms with Gasteiger partial charge in [-0.3, -0.25) is 4.79 Å². The van der Waals surface area contributed by atoms with Gasteiger partial charge < -0.3 is 9.47 Å². The Hall–Kier alpha value is -0.780. The summed E-state index contributed by atoms with van der Waals surface area (Å²) in [5.74, 6) is 1.05. The molecule has 0 fully saturated rings. The van der Waals surface area contributed by atoms with E-state index in [0.29, 0.717) is 18.8 Å². The monoisotopic (exact) mass is 334 g/mol. The molecule has 0 N–H and O–H groups in total. The second-order valence-electron chi connectivity index (χ2n) is 3.19. The number of carbonyl (C=O) groups is 1. The summed E-state index contributed by atoms with van der Waals surface area (Å²) >= 11 is 2.31. The molecule has 0 saturated heterocycles. The van der Waals surface area contributed by atoms with Crippen LogP contribution in [0.1, 0.15) is 19.8 Å². The fraction of sp³-hybridized carbons (Fsp3) is 0.417. The maximum Gasteiger partial charge on any atom is 0.310 e. The summed E-state index contributed by atoms with van der Waals surface area (Å²) in [5, 5.41) is 0. The van der Waals surface area contributed by atoms with Crippen LogP contribution in [0.15, 0.2) is 24.3 Å². The molecule has 0 spiro atoms. The molecule has 0 aromatic heterocycles. The van der Waals surface area contributed by atoms with Crippen molar-refractivity contribution in [3.05, 3.63) is 24.3 Å². The zero-order chi connectivity index (χ0) is 11.8. The number of rotatable bonds is 6. The Morgan fingerprint density at radius 1 is 1.38 bits per heavy atom. The first-order valence-corrected chi connectivity index (χ1v) is 6.78. The van der Waals surface area contributed by atoms with Gasteiger partial charge in [0.2, 0.25) is 0 Å². The van der Waals surface area contributed by atoms with Crippen LogP contribution in [0.5, 0.6) is 11.5 Å². The molecule has 0 atom stereocenters. The highest BCUT2D eigenvalue weighted by Gasteiger charge is 2.02. The summed E-state index contributed by atoms with van der Waals surface area (Å²) in [6.45, 7) is 2.46. The van der Waals surface area contributed by atoms with Gasteiger partial charge in [0.05, 0.1) is 6.61 Å². The van der Waals surface area contributed by atoms with E-state index in [4.69, 9.17) is 9.47 Å². The first kappa shape index (κ1) is 13.3. The lowest BCUT2D eigenvalue weighted by Crippen LogP contribution is -2.05. The van der Waals surface area contributed by atoms with Crippen LogP contribution in [-0.2, 0) is 4.79 Å². The Morgan fingerprint density at radius 2 is 2.12 bits per heavy atom. The minimum atomic E-state index is -0.232. The van der Waals surface area contributed by atoms with Crippen LogP contribution in [0.25, 0.3) is 0 Å². The zero-order valence-electron chi connectivity index (χ0n) is 9.24. The maximum absolute atomic E-state index is 11.1. The molecule has 0 bridgehead atoms. The van der Waals surface area contributed by atoms with Crippen molar-refractivity contribution in [2.24, 2.45) is 0 Å². The first-order valence-electron chi connectivity index (χ1n) is 5.25. The summed E-state index contributed by atoms with van der Waals surface area (Å²) in [4.78, 5) is 11.1. The fourth-order valence-electron chi connectivity index (χ4n) is 1.08. The minimum absolute atomic E-state index is 0.232. The van der Waals surface area contributed by atoms with Crippen LogP contribution in [0.4, 0.5) is 0 Å². The van der Waals surface area contributed by atoms with Gasteiger partial charge in [-0.2, -0.15) is 0 Å². The Labute approximate surface area is 109 Å². The van der Waals surface area contributed by atoms with E-state index in [2.05, 4.69) is 22.6 Å². The molecule has 0 unspecified atom stereocenters. The lowest BCUT2D eigenvalue weighted by atomic mass is 10.3. The quantitative estimate of drug-likeness (QED) is 0.263. The van der Waals surface area contributed by atoms with Crippen molar-refractivity contribution in [1.82, 2.24) is 0 Å². The van der Waals surface area contributed by atoms with Gasteiger partial charge in [0.15, 0.2) is 0 Å². The van der Waals surface area contributed by atoms with Crippen molar-refractivity contribution in [2.45, 2.75) is 19.8 Å². The van der Waals surface area contributed by atoms with Crippen LogP contribution < -0.4 is 9.47 Å². The van der Waals surface area contributed by atoms with Crippen molar-refractivity contribution in [2.75, 3.05) is 11.0 Å². The minimum Gasteiger partial charge on any atom is -0.493 e. The van der Waals surface area contributed by atoms with Gasteiger partial charge in [-0.25, -0.2) is 0 Å². The molecule has 4 heteroatoms. The topological polar surface area (TPSA) is 35.5 Å². The second-order valence-corrected chi connectivity index (χ2v) is 4.27. The van der Waals surface area contributed by atoms with E-state index in [1.165, 1.54) is 0 Å². The molecule has 3 nitrogen and oxygen atoms in total. The number of hydrogen-bond donors (Lipinski definition) is 0. The molecular weight excluding hydrogens is 319 g/mol. The average molecular weight is 334 g/mol. The molecule has 1 aromatic rings. The predicted molar refractivity (Wildman–Crippen MR) is 71.4 cm³/mol. The molecule has 0 radical (unpaired) electrons. The summed E-state index contributed by atoms with van der Waals surface area (Å²) in [5.41, 5.74) is 0. The lowest BCUT2D eigenvalue weighted by molar-refractivity contribution is -0.134. The Morgan fingerprint density at radius 3 is 2.81 bits per heavy atom. The van der Waals surface area contributed by atoms with Crippen LogP contribution in [0, 0.1) is 0 Å². The van der Waals surface area contributed by atoms with E-state index in [1.807, 2.05) is 12.1 Å². The van der Waals surface area contributed by atoms with Crippen molar-refractivity contribution in [1.29, 1.82) is 0 Å². The molecule has 1 rings (SSSR count). The molecule has 88 valence electrons. The van der Waals surface area contributed by atoms with Crippen LogP contribution >= 0.6 is 22.6 Å². The van der Waals surface area contributed by atoms with Crippen molar-refractivity contribution >= 4 is 28.6 Å². The smallest absolute Gasteiger partial charge is 0.310 e. The Balaban J connectivity index is 2.53. The molecular formula is C12H15IO3. The summed E-state index contributed by atoms with van der Waals surface area (Å²) in [7, 11) is 0. The number of carbonyl (C=O) groups excluding carboxylic acids is 1. The molecule has 0 amide bonds. The van der Waals surface area contributed by atoms with E-state index < -0.39 is 0 Å². The zero-order valence-corrected chi connectivity index (χ0v) is 11.4. The van der Waals surface area contributed by atoms with Gasteiger partial charge in [0.25, 0.3) is 0 Å². The van der Waals surface area contributed by atoms with Gasteiger partial charge in [0.1, 0.15) is 11.5 Å². The van der Waals surface area contributed by atoms with Gasteiger partial charge in [0, 0.05) is 16.9 Å². The maximum atomic E-state index is 11.1. The first-order chi connectivity index (χ1) is 7.76. The third-order valence-electron chi connectivity index (χ3n) is 1.87. The molecule has 0 aliphatic carbocycles. The highest BCUT2D eigenvalue weighted by molar-refractivity contribution is 14.1. The predicted octanol–water partition coefficient (Wildman–Crippen LogP) is 3.21. The highest BCUT2D eigenvalue weighted by atomic mass is 127. The van der Waals surface area contributed by atoms with Crippen LogP contribution in [-0.4, -0.2) is 17.0 Å². The van der Waals surface area contributed by atoms with Gasteiger partial charge in [-0.1, -0.05) is 35.6 Å². The summed E-state index contributed by atoms with van der Waals surface area (Å²) in [6, 6.07) is 7.16. The SMILES string of the molecule is CCC(=O)Oc1cccc(OCCCI)c1. The van der Waals surface area contributed by atoms with E-state index in [1.54, 1.807) is 19.1 Å². The van der Waals surface area contributed by atoms with Crippen LogP contribution in [0.3, 0.4) is 0 Å². The average Bonchev–Trinajstić information content (AvgIpc) is 2.30. The van der Waals surface area contributed by atoms with E-state index in [-0.39, 0.29) is 5.97 Å². The Kier molecular flexibility index (Phi) is 6.22.